The number of pyridine rings is 1. The van der Waals surface area contributed by atoms with Crippen LogP contribution in [0.1, 0.15) is 37.9 Å². The number of rotatable bonds is 4. The number of fused-ring (bicyclic) bond motifs is 4. The highest BCUT2D eigenvalue weighted by Gasteiger charge is 2.42. The highest BCUT2D eigenvalue weighted by molar-refractivity contribution is 5.87. The summed E-state index contributed by atoms with van der Waals surface area (Å²) in [6.07, 6.45) is 2.91. The van der Waals surface area contributed by atoms with Crippen LogP contribution in [0.2, 0.25) is 0 Å². The van der Waals surface area contributed by atoms with Gasteiger partial charge in [-0.3, -0.25) is 4.90 Å². The van der Waals surface area contributed by atoms with E-state index in [1.165, 1.54) is 12.8 Å². The largest absolute Gasteiger partial charge is 0.508 e. The van der Waals surface area contributed by atoms with E-state index in [1.54, 1.807) is 12.1 Å². The maximum Gasteiger partial charge on any atom is 0.116 e. The van der Waals surface area contributed by atoms with Gasteiger partial charge < -0.3 is 10.2 Å². The van der Waals surface area contributed by atoms with Gasteiger partial charge >= 0.3 is 0 Å². The van der Waals surface area contributed by atoms with Gasteiger partial charge in [0.2, 0.25) is 0 Å². The Morgan fingerprint density at radius 2 is 1.93 bits per heavy atom. The summed E-state index contributed by atoms with van der Waals surface area (Å²) in [6, 6.07) is 17.5. The van der Waals surface area contributed by atoms with Crippen molar-refractivity contribution in [3.63, 3.8) is 0 Å². The zero-order valence-corrected chi connectivity index (χ0v) is 18.1. The highest BCUT2D eigenvalue weighted by Crippen LogP contribution is 2.43. The molecule has 2 bridgehead atoms. The number of hydrogen-bond donors (Lipinski definition) is 2. The number of piperidine rings is 3. The molecule has 2 N–H and O–H groups in total. The van der Waals surface area contributed by atoms with E-state index in [9.17, 15) is 10.2 Å². The number of phenolic OH excluding ortho intramolecular Hbond substituents is 1. The molecule has 0 aliphatic carbocycles. The minimum atomic E-state index is -0.592. The molecule has 0 saturated carbocycles. The average Bonchev–Trinajstić information content (AvgIpc) is 2.78. The Labute approximate surface area is 184 Å². The molecule has 158 valence electrons. The summed E-state index contributed by atoms with van der Waals surface area (Å²) < 4.78 is 0. The highest BCUT2D eigenvalue weighted by atomic mass is 35.5. The molecular formula is C25H29ClN2O2. The first kappa shape index (κ1) is 21.1. The van der Waals surface area contributed by atoms with Crippen molar-refractivity contribution in [2.24, 2.45) is 11.8 Å². The fraction of sp³-hybridized carbons (Fsp3) is 0.400. The van der Waals surface area contributed by atoms with Crippen LogP contribution in [0.5, 0.6) is 5.75 Å². The Balaban J connectivity index is 0.00000218. The minimum Gasteiger partial charge on any atom is -0.508 e. The van der Waals surface area contributed by atoms with E-state index >= 15 is 0 Å². The zero-order chi connectivity index (χ0) is 20.0. The Hall–Kier alpha value is -2.14. The van der Waals surface area contributed by atoms with Crippen LogP contribution in [0, 0.1) is 11.8 Å². The third kappa shape index (κ3) is 3.68. The summed E-state index contributed by atoms with van der Waals surface area (Å²) in [7, 11) is 0. The first-order valence-corrected chi connectivity index (χ1v) is 10.7. The van der Waals surface area contributed by atoms with Crippen LogP contribution in [0.3, 0.4) is 0 Å². The lowest BCUT2D eigenvalue weighted by molar-refractivity contribution is -0.0562. The normalized spacial score (nSPS) is 26.3. The van der Waals surface area contributed by atoms with Crippen molar-refractivity contribution in [2.75, 3.05) is 13.1 Å². The SMILES string of the molecule is CC[C@H]1CN2CC[C@@H]1CC2[C@H](O)c1cc(-c2ccccc2)nc2ccc(O)cc12.Cl. The standard InChI is InChI=1S/C25H28N2O2.ClH/c1-2-16-15-27-11-10-18(16)12-24(27)25(29)21-14-23(17-6-4-3-5-7-17)26-22-9-8-19(28)13-20(21)22;/h3-9,13-14,16,18,24-25,28-29H,2,10-12,15H2,1H3;1H/t16-,18+,24?,25+;/m0./s1. The summed E-state index contributed by atoms with van der Waals surface area (Å²) in [6.45, 7) is 4.44. The Kier molecular flexibility index (Phi) is 6.01. The molecule has 30 heavy (non-hydrogen) atoms. The molecule has 0 radical (unpaired) electrons. The smallest absolute Gasteiger partial charge is 0.116 e. The number of halogens is 1. The molecule has 2 aromatic carbocycles. The predicted octanol–water partition coefficient (Wildman–Crippen LogP) is 5.18. The molecule has 1 aromatic heterocycles. The summed E-state index contributed by atoms with van der Waals surface area (Å²) >= 11 is 0. The third-order valence-corrected chi connectivity index (χ3v) is 7.04. The quantitative estimate of drug-likeness (QED) is 0.605. The van der Waals surface area contributed by atoms with Crippen LogP contribution in [0.25, 0.3) is 22.2 Å². The van der Waals surface area contributed by atoms with Crippen LogP contribution in [0.4, 0.5) is 0 Å². The number of phenols is 1. The van der Waals surface area contributed by atoms with Crippen molar-refractivity contribution in [3.8, 4) is 17.0 Å². The zero-order valence-electron chi connectivity index (χ0n) is 17.2. The van der Waals surface area contributed by atoms with E-state index < -0.39 is 6.10 Å². The van der Waals surface area contributed by atoms with Gasteiger partial charge in [-0.2, -0.15) is 0 Å². The van der Waals surface area contributed by atoms with Crippen molar-refractivity contribution in [3.05, 3.63) is 60.2 Å². The lowest BCUT2D eigenvalue weighted by Gasteiger charge is -2.51. The molecule has 5 heteroatoms. The average molecular weight is 425 g/mol. The summed E-state index contributed by atoms with van der Waals surface area (Å²) in [4.78, 5) is 7.29. The molecule has 3 aliphatic rings. The molecule has 2 unspecified atom stereocenters. The molecular weight excluding hydrogens is 396 g/mol. The Morgan fingerprint density at radius 3 is 2.63 bits per heavy atom. The third-order valence-electron chi connectivity index (χ3n) is 7.04. The lowest BCUT2D eigenvalue weighted by atomic mass is 9.72. The van der Waals surface area contributed by atoms with Crippen LogP contribution >= 0.6 is 12.4 Å². The Morgan fingerprint density at radius 1 is 1.13 bits per heavy atom. The molecule has 4 nitrogen and oxygen atoms in total. The van der Waals surface area contributed by atoms with E-state index in [0.717, 1.165) is 53.2 Å². The van der Waals surface area contributed by atoms with E-state index in [2.05, 4.69) is 11.8 Å². The van der Waals surface area contributed by atoms with E-state index in [1.807, 2.05) is 42.5 Å². The molecule has 0 amide bonds. The summed E-state index contributed by atoms with van der Waals surface area (Å²) in [5, 5.41) is 22.5. The monoisotopic (exact) mass is 424 g/mol. The summed E-state index contributed by atoms with van der Waals surface area (Å²) in [5.41, 5.74) is 3.57. The first-order chi connectivity index (χ1) is 14.1. The lowest BCUT2D eigenvalue weighted by Crippen LogP contribution is -2.55. The molecule has 3 saturated heterocycles. The van der Waals surface area contributed by atoms with Gasteiger partial charge in [0.25, 0.3) is 0 Å². The van der Waals surface area contributed by atoms with Crippen LogP contribution in [0.15, 0.2) is 54.6 Å². The number of hydrogen-bond acceptors (Lipinski definition) is 4. The molecule has 0 spiro atoms. The van der Waals surface area contributed by atoms with Crippen LogP contribution in [-0.2, 0) is 0 Å². The number of benzene rings is 2. The van der Waals surface area contributed by atoms with Gasteiger partial charge in [0, 0.05) is 23.5 Å². The van der Waals surface area contributed by atoms with Crippen LogP contribution in [-0.4, -0.2) is 39.2 Å². The predicted molar refractivity (Wildman–Crippen MR) is 123 cm³/mol. The first-order valence-electron chi connectivity index (χ1n) is 10.7. The van der Waals surface area contributed by atoms with Crippen molar-refractivity contribution >= 4 is 23.3 Å². The maximum absolute atomic E-state index is 11.5. The second kappa shape index (κ2) is 8.54. The molecule has 6 rings (SSSR count). The number of aromatic nitrogens is 1. The molecule has 3 fully saturated rings. The van der Waals surface area contributed by atoms with Gasteiger partial charge in [-0.25, -0.2) is 4.98 Å². The second-order valence-corrected chi connectivity index (χ2v) is 8.62. The van der Waals surface area contributed by atoms with E-state index in [0.29, 0.717) is 5.92 Å². The number of nitrogens with zero attached hydrogens (tertiary/aromatic N) is 2. The minimum absolute atomic E-state index is 0. The van der Waals surface area contributed by atoms with Gasteiger partial charge in [-0.05, 0) is 61.1 Å². The van der Waals surface area contributed by atoms with Crippen molar-refractivity contribution in [1.29, 1.82) is 0 Å². The Bertz CT molecular complexity index is 1030. The van der Waals surface area contributed by atoms with E-state index in [4.69, 9.17) is 4.98 Å². The molecule has 5 atom stereocenters. The number of aliphatic hydroxyl groups is 1. The van der Waals surface area contributed by atoms with Gasteiger partial charge in [-0.15, -0.1) is 12.4 Å². The fourth-order valence-electron chi connectivity index (χ4n) is 5.42. The van der Waals surface area contributed by atoms with Gasteiger partial charge in [0.15, 0.2) is 0 Å². The van der Waals surface area contributed by atoms with Gasteiger partial charge in [0.1, 0.15) is 5.75 Å². The van der Waals surface area contributed by atoms with Crippen molar-refractivity contribution in [1.82, 2.24) is 9.88 Å². The topological polar surface area (TPSA) is 56.6 Å². The molecule has 3 aliphatic heterocycles. The summed E-state index contributed by atoms with van der Waals surface area (Å²) in [5.74, 6) is 1.67. The van der Waals surface area contributed by atoms with Gasteiger partial charge in [-0.1, -0.05) is 43.7 Å². The second-order valence-electron chi connectivity index (χ2n) is 8.62. The maximum atomic E-state index is 11.5. The fourth-order valence-corrected chi connectivity index (χ4v) is 5.42. The van der Waals surface area contributed by atoms with Crippen molar-refractivity contribution < 1.29 is 10.2 Å². The molecule has 4 heterocycles. The van der Waals surface area contributed by atoms with E-state index in [-0.39, 0.29) is 24.2 Å². The number of aliphatic hydroxyl groups excluding tert-OH is 1. The van der Waals surface area contributed by atoms with Crippen molar-refractivity contribution in [2.45, 2.75) is 38.3 Å². The van der Waals surface area contributed by atoms with Gasteiger partial charge in [0.05, 0.1) is 17.3 Å². The number of aromatic hydroxyl groups is 1. The molecule has 3 aromatic rings. The van der Waals surface area contributed by atoms with Crippen LogP contribution < -0.4 is 0 Å².